The number of morpholine rings is 1. The highest BCUT2D eigenvalue weighted by Gasteiger charge is 2.55. The van der Waals surface area contributed by atoms with Crippen LogP contribution in [0.2, 0.25) is 0 Å². The van der Waals surface area contributed by atoms with E-state index >= 15 is 0 Å². The van der Waals surface area contributed by atoms with Crippen LogP contribution in [0.3, 0.4) is 0 Å². The van der Waals surface area contributed by atoms with Crippen LogP contribution in [-0.4, -0.2) is 64.4 Å². The highest BCUT2D eigenvalue weighted by molar-refractivity contribution is 7.19. The fourth-order valence-electron chi connectivity index (χ4n) is 6.09. The largest absolute Gasteiger partial charge is 0.490 e. The molecule has 4 heterocycles. The molecule has 0 spiro atoms. The molecule has 1 saturated carbocycles. The van der Waals surface area contributed by atoms with Crippen molar-refractivity contribution in [1.29, 1.82) is 0 Å². The van der Waals surface area contributed by atoms with Gasteiger partial charge < -0.3 is 20.3 Å². The first-order chi connectivity index (χ1) is 15.1. The third-order valence-electron chi connectivity index (χ3n) is 7.69. The number of ether oxygens (including phenoxy) is 2. The van der Waals surface area contributed by atoms with E-state index in [2.05, 4.69) is 9.88 Å². The smallest absolute Gasteiger partial charge is 0.246 e. The molecule has 2 aliphatic carbocycles. The summed E-state index contributed by atoms with van der Waals surface area (Å²) in [5.74, 6) is 0.377. The number of aliphatic hydroxyl groups excluding tert-OH is 1. The molecule has 7 nitrogen and oxygen atoms in total. The number of thiophene rings is 1. The minimum Gasteiger partial charge on any atom is -0.490 e. The number of aliphatic hydroxyl groups is 1. The predicted molar refractivity (Wildman–Crippen MR) is 117 cm³/mol. The molecule has 4 aliphatic rings. The number of fused-ring (bicyclic) bond motifs is 4. The molecule has 0 bridgehead atoms. The zero-order chi connectivity index (χ0) is 21.1. The fraction of sp³-hybridized carbons (Fsp3) is 0.652. The van der Waals surface area contributed by atoms with Crippen molar-refractivity contribution in [2.45, 2.75) is 81.2 Å². The molecule has 2 saturated heterocycles. The monoisotopic (exact) mass is 443 g/mol. The van der Waals surface area contributed by atoms with Crippen LogP contribution < -0.4 is 10.5 Å². The number of amides is 1. The van der Waals surface area contributed by atoms with Crippen LogP contribution in [0.25, 0.3) is 10.2 Å². The van der Waals surface area contributed by atoms with Crippen molar-refractivity contribution in [2.24, 2.45) is 5.73 Å². The number of hydrogen-bond donors (Lipinski definition) is 2. The predicted octanol–water partition coefficient (Wildman–Crippen LogP) is 2.34. The van der Waals surface area contributed by atoms with Gasteiger partial charge in [0.15, 0.2) is 0 Å². The highest BCUT2D eigenvalue weighted by Crippen LogP contribution is 2.48. The van der Waals surface area contributed by atoms with Gasteiger partial charge in [0.2, 0.25) is 5.91 Å². The second-order valence-electron chi connectivity index (χ2n) is 9.49. The van der Waals surface area contributed by atoms with E-state index in [0.29, 0.717) is 24.5 Å². The van der Waals surface area contributed by atoms with Crippen LogP contribution in [0.5, 0.6) is 5.75 Å². The third kappa shape index (κ3) is 3.44. The molecule has 2 aliphatic heterocycles. The van der Waals surface area contributed by atoms with Crippen molar-refractivity contribution in [3.8, 4) is 5.75 Å². The standard InChI is InChI=1S/C23H29N3O4S/c24-22(28)17(27)9-12-1-6-19-20(12)21-18(7-8-25-23(21)31-19)30-14-4-2-13(3-5-14)26-15-10-29-11-16(15)26/h7-8,12-17,27H,1-6,9-11H2,(H2,24,28)/t12-,13?,14?,15-,16+,17+,26?/m1/s1. The summed E-state index contributed by atoms with van der Waals surface area (Å²) in [4.78, 5) is 20.9. The van der Waals surface area contributed by atoms with Crippen molar-refractivity contribution in [2.75, 3.05) is 13.2 Å². The SMILES string of the molecule is NC(=O)[C@@H](O)C[C@H]1CCc2sc3nccc(OC4CCC(N5[C@@H]6COC[C@@H]65)CC4)c3c21. The second kappa shape index (κ2) is 7.69. The topological polar surface area (TPSA) is 97.7 Å². The van der Waals surface area contributed by atoms with E-state index < -0.39 is 12.0 Å². The summed E-state index contributed by atoms with van der Waals surface area (Å²) in [5.41, 5.74) is 6.53. The lowest BCUT2D eigenvalue weighted by Gasteiger charge is -2.31. The van der Waals surface area contributed by atoms with E-state index in [1.54, 1.807) is 11.3 Å². The summed E-state index contributed by atoms with van der Waals surface area (Å²) in [6.07, 6.45) is 7.72. The first-order valence-corrected chi connectivity index (χ1v) is 12.3. The molecule has 0 radical (unpaired) electrons. The summed E-state index contributed by atoms with van der Waals surface area (Å²) in [5, 5.41) is 11.1. The van der Waals surface area contributed by atoms with Gasteiger partial charge in [0.25, 0.3) is 0 Å². The van der Waals surface area contributed by atoms with Crippen LogP contribution in [-0.2, 0) is 16.0 Å². The number of primary amides is 1. The minimum absolute atomic E-state index is 0.123. The highest BCUT2D eigenvalue weighted by atomic mass is 32.1. The number of carbonyl (C=O) groups excluding carboxylic acids is 1. The van der Waals surface area contributed by atoms with Gasteiger partial charge in [-0.05, 0) is 62.5 Å². The molecule has 1 unspecified atom stereocenters. The fourth-order valence-corrected chi connectivity index (χ4v) is 7.35. The van der Waals surface area contributed by atoms with Gasteiger partial charge in [0.1, 0.15) is 16.7 Å². The molecular formula is C23H29N3O4S. The number of carbonyl (C=O) groups is 1. The average Bonchev–Trinajstić information content (AvgIpc) is 3.13. The zero-order valence-electron chi connectivity index (χ0n) is 17.5. The quantitative estimate of drug-likeness (QED) is 0.665. The number of hydrogen-bond acceptors (Lipinski definition) is 7. The van der Waals surface area contributed by atoms with Crippen molar-refractivity contribution in [3.05, 3.63) is 22.7 Å². The molecule has 0 aromatic carbocycles. The number of aromatic nitrogens is 1. The van der Waals surface area contributed by atoms with E-state index in [1.807, 2.05) is 12.3 Å². The molecule has 3 fully saturated rings. The van der Waals surface area contributed by atoms with Crippen molar-refractivity contribution < 1.29 is 19.4 Å². The lowest BCUT2D eigenvalue weighted by atomic mass is 9.92. The lowest BCUT2D eigenvalue weighted by molar-refractivity contribution is -0.126. The number of pyridine rings is 1. The van der Waals surface area contributed by atoms with Gasteiger partial charge in [-0.1, -0.05) is 0 Å². The Morgan fingerprint density at radius 2 is 2.06 bits per heavy atom. The molecule has 2 aromatic heterocycles. The second-order valence-corrected chi connectivity index (χ2v) is 10.6. The average molecular weight is 444 g/mol. The third-order valence-corrected chi connectivity index (χ3v) is 8.86. The Morgan fingerprint density at radius 1 is 1.29 bits per heavy atom. The first kappa shape index (κ1) is 19.9. The number of nitrogens with two attached hydrogens (primary N) is 1. The Morgan fingerprint density at radius 3 is 2.81 bits per heavy atom. The number of aryl methyl sites for hydroxylation is 1. The summed E-state index contributed by atoms with van der Waals surface area (Å²) in [6.45, 7) is 1.82. The summed E-state index contributed by atoms with van der Waals surface area (Å²) in [6, 6.07) is 4.00. The Balaban J connectivity index is 1.18. The van der Waals surface area contributed by atoms with Gasteiger partial charge in [-0.3, -0.25) is 9.69 Å². The summed E-state index contributed by atoms with van der Waals surface area (Å²) >= 11 is 1.72. The molecule has 8 heteroatoms. The molecular weight excluding hydrogens is 414 g/mol. The molecule has 2 aromatic rings. The normalized spacial score (nSPS) is 35.0. The first-order valence-electron chi connectivity index (χ1n) is 11.5. The van der Waals surface area contributed by atoms with Gasteiger partial charge in [0, 0.05) is 17.1 Å². The van der Waals surface area contributed by atoms with Crippen LogP contribution in [0, 0.1) is 0 Å². The molecule has 31 heavy (non-hydrogen) atoms. The van der Waals surface area contributed by atoms with Gasteiger partial charge in [0.05, 0.1) is 36.8 Å². The molecule has 166 valence electrons. The van der Waals surface area contributed by atoms with Crippen molar-refractivity contribution in [3.63, 3.8) is 0 Å². The van der Waals surface area contributed by atoms with Gasteiger partial charge >= 0.3 is 0 Å². The maximum Gasteiger partial charge on any atom is 0.246 e. The van der Waals surface area contributed by atoms with Crippen molar-refractivity contribution >= 4 is 27.5 Å². The van der Waals surface area contributed by atoms with Crippen LogP contribution in [0.15, 0.2) is 12.3 Å². The minimum atomic E-state index is -1.11. The van der Waals surface area contributed by atoms with E-state index in [4.69, 9.17) is 15.2 Å². The summed E-state index contributed by atoms with van der Waals surface area (Å²) < 4.78 is 12.1. The van der Waals surface area contributed by atoms with E-state index in [1.165, 1.54) is 23.3 Å². The maximum absolute atomic E-state index is 11.4. The van der Waals surface area contributed by atoms with Gasteiger partial charge in [-0.15, -0.1) is 11.3 Å². The van der Waals surface area contributed by atoms with Crippen molar-refractivity contribution in [1.82, 2.24) is 9.88 Å². The number of rotatable bonds is 6. The van der Waals surface area contributed by atoms with E-state index in [9.17, 15) is 9.90 Å². The maximum atomic E-state index is 11.4. The van der Waals surface area contributed by atoms with E-state index in [0.717, 1.165) is 54.9 Å². The Hall–Kier alpha value is -1.74. The Labute approximate surface area is 185 Å². The molecule has 6 rings (SSSR count). The molecule has 3 N–H and O–H groups in total. The van der Waals surface area contributed by atoms with Crippen LogP contribution in [0.1, 0.15) is 54.9 Å². The number of nitrogens with zero attached hydrogens (tertiary/aromatic N) is 2. The van der Waals surface area contributed by atoms with Crippen LogP contribution >= 0.6 is 11.3 Å². The summed E-state index contributed by atoms with van der Waals surface area (Å²) in [7, 11) is 0. The molecule has 1 amide bonds. The van der Waals surface area contributed by atoms with Crippen LogP contribution in [0.4, 0.5) is 0 Å². The Kier molecular flexibility index (Phi) is 4.94. The van der Waals surface area contributed by atoms with E-state index in [-0.39, 0.29) is 12.0 Å². The lowest BCUT2D eigenvalue weighted by Crippen LogP contribution is -2.34. The van der Waals surface area contributed by atoms with Gasteiger partial charge in [-0.2, -0.15) is 0 Å². The van der Waals surface area contributed by atoms with Gasteiger partial charge in [-0.25, -0.2) is 4.98 Å². The zero-order valence-corrected chi connectivity index (χ0v) is 18.4. The Bertz CT molecular complexity index is 992. The molecule has 5 atom stereocenters.